The maximum Gasteiger partial charge on any atom is 0.412 e. The quantitative estimate of drug-likeness (QED) is 0.681. The predicted octanol–water partition coefficient (Wildman–Crippen LogP) is 5.08. The molecule has 1 fully saturated rings. The SMILES string of the molecule is CC(C)(C)OC(=O)Nc1cc(NC(=O)C2CCN(c3ccc(Cl)cn3)CC2)ccc1F. The standard InChI is InChI=1S/C22H26ClFN4O3/c1-22(2,3)31-21(30)27-18-12-16(5-6-17(18)24)26-20(29)14-8-10-28(11-9-14)19-7-4-15(23)13-25-19/h4-7,12-14H,8-11H2,1-3H3,(H,26,29)(H,27,30). The van der Waals surface area contributed by atoms with Crippen molar-refractivity contribution in [2.24, 2.45) is 5.92 Å². The highest BCUT2D eigenvalue weighted by Gasteiger charge is 2.26. The fourth-order valence-electron chi connectivity index (χ4n) is 3.28. The number of piperidine rings is 1. The van der Waals surface area contributed by atoms with Gasteiger partial charge in [0.05, 0.1) is 10.7 Å². The summed E-state index contributed by atoms with van der Waals surface area (Å²) >= 11 is 5.88. The van der Waals surface area contributed by atoms with Crippen LogP contribution in [0.1, 0.15) is 33.6 Å². The summed E-state index contributed by atoms with van der Waals surface area (Å²) in [7, 11) is 0. The molecule has 2 heterocycles. The maximum atomic E-state index is 14.1. The van der Waals surface area contributed by atoms with Crippen molar-refractivity contribution in [1.82, 2.24) is 4.98 Å². The topological polar surface area (TPSA) is 83.6 Å². The van der Waals surface area contributed by atoms with Gasteiger partial charge in [0, 0.05) is 30.9 Å². The van der Waals surface area contributed by atoms with E-state index in [0.29, 0.717) is 36.6 Å². The molecule has 0 saturated carbocycles. The second-order valence-corrected chi connectivity index (χ2v) is 8.84. The zero-order chi connectivity index (χ0) is 22.6. The Kier molecular flexibility index (Phi) is 7.00. The average Bonchev–Trinajstić information content (AvgIpc) is 2.70. The van der Waals surface area contributed by atoms with Crippen LogP contribution in [0.15, 0.2) is 36.5 Å². The van der Waals surface area contributed by atoms with E-state index in [9.17, 15) is 14.0 Å². The van der Waals surface area contributed by atoms with Crippen molar-refractivity contribution in [2.45, 2.75) is 39.2 Å². The minimum absolute atomic E-state index is 0.0596. The highest BCUT2D eigenvalue weighted by Crippen LogP contribution is 2.25. The number of rotatable bonds is 4. The van der Waals surface area contributed by atoms with Gasteiger partial charge in [0.25, 0.3) is 0 Å². The molecular formula is C22H26ClFN4O3. The van der Waals surface area contributed by atoms with E-state index in [2.05, 4.69) is 20.5 Å². The Morgan fingerprint density at radius 3 is 2.48 bits per heavy atom. The lowest BCUT2D eigenvalue weighted by atomic mass is 9.95. The smallest absolute Gasteiger partial charge is 0.412 e. The Bertz CT molecular complexity index is 939. The van der Waals surface area contributed by atoms with Gasteiger partial charge in [-0.1, -0.05) is 11.6 Å². The van der Waals surface area contributed by atoms with Crippen LogP contribution in [0.4, 0.5) is 26.4 Å². The molecule has 1 aliphatic heterocycles. The Morgan fingerprint density at radius 2 is 1.87 bits per heavy atom. The van der Waals surface area contributed by atoms with E-state index in [1.165, 1.54) is 18.2 Å². The molecule has 2 aromatic rings. The summed E-state index contributed by atoms with van der Waals surface area (Å²) in [6.07, 6.45) is 2.17. The normalized spacial score (nSPS) is 14.8. The van der Waals surface area contributed by atoms with E-state index in [1.807, 2.05) is 6.07 Å². The predicted molar refractivity (Wildman–Crippen MR) is 119 cm³/mol. The second kappa shape index (κ2) is 9.51. The Labute approximate surface area is 185 Å². The minimum atomic E-state index is -0.766. The molecule has 1 aromatic carbocycles. The number of halogens is 2. The number of ether oxygens (including phenoxy) is 1. The Hall–Kier alpha value is -2.87. The first-order chi connectivity index (χ1) is 14.6. The lowest BCUT2D eigenvalue weighted by Crippen LogP contribution is -2.38. The van der Waals surface area contributed by atoms with Gasteiger partial charge in [0.2, 0.25) is 5.91 Å². The second-order valence-electron chi connectivity index (χ2n) is 8.41. The van der Waals surface area contributed by atoms with Gasteiger partial charge in [-0.2, -0.15) is 0 Å². The van der Waals surface area contributed by atoms with Crippen LogP contribution in [-0.4, -0.2) is 35.7 Å². The van der Waals surface area contributed by atoms with E-state index in [0.717, 1.165) is 5.82 Å². The Morgan fingerprint density at radius 1 is 1.16 bits per heavy atom. The molecule has 2 N–H and O–H groups in total. The molecule has 166 valence electrons. The molecule has 1 saturated heterocycles. The van der Waals surface area contributed by atoms with Gasteiger partial charge in [-0.15, -0.1) is 0 Å². The average molecular weight is 449 g/mol. The number of nitrogens with one attached hydrogen (secondary N) is 2. The van der Waals surface area contributed by atoms with Gasteiger partial charge >= 0.3 is 6.09 Å². The molecule has 7 nitrogen and oxygen atoms in total. The first-order valence-corrected chi connectivity index (χ1v) is 10.5. The number of carbonyl (C=O) groups is 2. The van der Waals surface area contributed by atoms with Crippen LogP contribution >= 0.6 is 11.6 Å². The maximum absolute atomic E-state index is 14.1. The molecular weight excluding hydrogens is 423 g/mol. The van der Waals surface area contributed by atoms with E-state index < -0.39 is 17.5 Å². The zero-order valence-corrected chi connectivity index (χ0v) is 18.5. The lowest BCUT2D eigenvalue weighted by molar-refractivity contribution is -0.120. The van der Waals surface area contributed by atoms with Crippen molar-refractivity contribution >= 4 is 40.8 Å². The number of hydrogen-bond donors (Lipinski definition) is 2. The first kappa shape index (κ1) is 22.8. The van der Waals surface area contributed by atoms with Crippen molar-refractivity contribution in [1.29, 1.82) is 0 Å². The van der Waals surface area contributed by atoms with Gasteiger partial charge in [0.1, 0.15) is 17.2 Å². The summed E-state index contributed by atoms with van der Waals surface area (Å²) in [5.74, 6) is -0.0957. The molecule has 0 radical (unpaired) electrons. The van der Waals surface area contributed by atoms with Gasteiger partial charge in [-0.25, -0.2) is 14.2 Å². The minimum Gasteiger partial charge on any atom is -0.444 e. The van der Waals surface area contributed by atoms with Crippen molar-refractivity contribution in [3.8, 4) is 0 Å². The van der Waals surface area contributed by atoms with Crippen molar-refractivity contribution < 1.29 is 18.7 Å². The molecule has 31 heavy (non-hydrogen) atoms. The largest absolute Gasteiger partial charge is 0.444 e. The van der Waals surface area contributed by atoms with Crippen LogP contribution in [0.2, 0.25) is 5.02 Å². The van der Waals surface area contributed by atoms with Crippen LogP contribution in [-0.2, 0) is 9.53 Å². The fraction of sp³-hybridized carbons (Fsp3) is 0.409. The first-order valence-electron chi connectivity index (χ1n) is 10.1. The van der Waals surface area contributed by atoms with E-state index in [1.54, 1.807) is 33.0 Å². The number of pyridine rings is 1. The van der Waals surface area contributed by atoms with Crippen LogP contribution in [0.25, 0.3) is 0 Å². The molecule has 0 spiro atoms. The molecule has 1 aromatic heterocycles. The summed E-state index contributed by atoms with van der Waals surface area (Å²) in [5.41, 5.74) is -0.363. The summed E-state index contributed by atoms with van der Waals surface area (Å²) in [6, 6.07) is 7.68. The number of anilines is 3. The molecule has 0 atom stereocenters. The zero-order valence-electron chi connectivity index (χ0n) is 17.7. The third-order valence-corrected chi connectivity index (χ3v) is 4.99. The van der Waals surface area contributed by atoms with Crippen molar-refractivity contribution in [3.63, 3.8) is 0 Å². The van der Waals surface area contributed by atoms with Crippen LogP contribution in [0.3, 0.4) is 0 Å². The summed E-state index contributed by atoms with van der Waals surface area (Å²) < 4.78 is 19.2. The van der Waals surface area contributed by atoms with E-state index in [4.69, 9.17) is 16.3 Å². The number of hydrogen-bond acceptors (Lipinski definition) is 5. The Balaban J connectivity index is 1.57. The summed E-state index contributed by atoms with van der Waals surface area (Å²) in [5, 5.41) is 5.77. The highest BCUT2D eigenvalue weighted by molar-refractivity contribution is 6.30. The summed E-state index contributed by atoms with van der Waals surface area (Å²) in [6.45, 7) is 6.54. The van der Waals surface area contributed by atoms with Crippen molar-refractivity contribution in [3.05, 3.63) is 47.4 Å². The molecule has 0 aliphatic carbocycles. The van der Waals surface area contributed by atoms with Gasteiger partial charge in [0.15, 0.2) is 0 Å². The van der Waals surface area contributed by atoms with Gasteiger partial charge in [-0.3, -0.25) is 10.1 Å². The fourth-order valence-corrected chi connectivity index (χ4v) is 3.39. The molecule has 1 aliphatic rings. The molecule has 3 rings (SSSR count). The number of carbonyl (C=O) groups excluding carboxylic acids is 2. The summed E-state index contributed by atoms with van der Waals surface area (Å²) in [4.78, 5) is 31.0. The van der Waals surface area contributed by atoms with E-state index in [-0.39, 0.29) is 17.5 Å². The number of aromatic nitrogens is 1. The van der Waals surface area contributed by atoms with E-state index >= 15 is 0 Å². The van der Waals surface area contributed by atoms with Crippen LogP contribution < -0.4 is 15.5 Å². The third kappa shape index (κ3) is 6.55. The number of amides is 2. The van der Waals surface area contributed by atoms with Gasteiger partial charge < -0.3 is 15.0 Å². The third-order valence-electron chi connectivity index (χ3n) is 4.77. The molecule has 2 amide bonds. The number of nitrogens with zero attached hydrogens (tertiary/aromatic N) is 2. The molecule has 0 unspecified atom stereocenters. The van der Waals surface area contributed by atoms with Crippen LogP contribution in [0.5, 0.6) is 0 Å². The monoisotopic (exact) mass is 448 g/mol. The van der Waals surface area contributed by atoms with Crippen molar-refractivity contribution in [2.75, 3.05) is 28.6 Å². The lowest BCUT2D eigenvalue weighted by Gasteiger charge is -2.32. The number of benzene rings is 1. The highest BCUT2D eigenvalue weighted by atomic mass is 35.5. The van der Waals surface area contributed by atoms with Gasteiger partial charge in [-0.05, 0) is 63.9 Å². The molecule has 9 heteroatoms. The van der Waals surface area contributed by atoms with Crippen LogP contribution in [0, 0.1) is 11.7 Å². The molecule has 0 bridgehead atoms.